The number of hydrogen-bond acceptors (Lipinski definition) is 3. The highest BCUT2D eigenvalue weighted by molar-refractivity contribution is 7.89. The number of aryl methyl sites for hydroxylation is 1. The fourth-order valence-corrected chi connectivity index (χ4v) is 4.44. The predicted molar refractivity (Wildman–Crippen MR) is 101 cm³/mol. The summed E-state index contributed by atoms with van der Waals surface area (Å²) in [5, 5.41) is 3.27. The van der Waals surface area contributed by atoms with E-state index in [1.165, 1.54) is 19.1 Å². The van der Waals surface area contributed by atoms with Crippen LogP contribution in [0.4, 0.5) is 0 Å². The number of nitrogens with zero attached hydrogens (tertiary/aromatic N) is 1. The summed E-state index contributed by atoms with van der Waals surface area (Å²) in [4.78, 5) is -0.00259. The van der Waals surface area contributed by atoms with E-state index in [1.807, 2.05) is 44.2 Å². The summed E-state index contributed by atoms with van der Waals surface area (Å²) in [6.07, 6.45) is -0.102. The summed E-state index contributed by atoms with van der Waals surface area (Å²) >= 11 is 0. The van der Waals surface area contributed by atoms with Crippen LogP contribution >= 0.6 is 0 Å². The van der Waals surface area contributed by atoms with Gasteiger partial charge in [-0.15, -0.1) is 0 Å². The van der Waals surface area contributed by atoms with Gasteiger partial charge in [0.15, 0.2) is 0 Å². The summed E-state index contributed by atoms with van der Waals surface area (Å²) in [7, 11) is -4.17. The Balaban J connectivity index is 1.93. The molecule has 0 aromatic heterocycles. The molecule has 1 N–H and O–H groups in total. The highest BCUT2D eigenvalue weighted by Crippen LogP contribution is 2.28. The quantitative estimate of drug-likeness (QED) is 0.887. The van der Waals surface area contributed by atoms with Crippen molar-refractivity contribution in [3.05, 3.63) is 65.7 Å². The molecule has 1 heterocycles. The van der Waals surface area contributed by atoms with Gasteiger partial charge in [-0.2, -0.15) is 4.31 Å². The van der Waals surface area contributed by atoms with E-state index in [-0.39, 0.29) is 17.4 Å². The van der Waals surface area contributed by atoms with E-state index in [0.717, 1.165) is 11.1 Å². The Morgan fingerprint density at radius 3 is 2.48 bits per heavy atom. The second-order valence-corrected chi connectivity index (χ2v) is 8.22. The van der Waals surface area contributed by atoms with Gasteiger partial charge in [0.1, 0.15) is 0 Å². The minimum atomic E-state index is -4.17. The molecular formula is C20H26N2O2S. The fraction of sp³-hybridized carbons (Fsp3) is 0.400. The number of sulfonamides is 1. The van der Waals surface area contributed by atoms with Crippen LogP contribution in [0, 0.1) is 6.92 Å². The van der Waals surface area contributed by atoms with Crippen LogP contribution < -0.4 is 5.32 Å². The second kappa shape index (κ2) is 7.28. The van der Waals surface area contributed by atoms with E-state index in [2.05, 4.69) is 5.32 Å². The van der Waals surface area contributed by atoms with E-state index < -0.39 is 28.6 Å². The van der Waals surface area contributed by atoms with Gasteiger partial charge in [-0.05, 0) is 44.9 Å². The zero-order chi connectivity index (χ0) is 20.7. The molecular weight excluding hydrogens is 332 g/mol. The largest absolute Gasteiger partial charge is 0.306 e. The Morgan fingerprint density at radius 2 is 1.84 bits per heavy atom. The molecule has 1 aliphatic heterocycles. The lowest BCUT2D eigenvalue weighted by Gasteiger charge is -2.27. The lowest BCUT2D eigenvalue weighted by molar-refractivity contribution is 0.351. The first-order chi connectivity index (χ1) is 13.0. The number of benzene rings is 2. The Kier molecular flexibility index (Phi) is 4.21. The number of nitrogens with one attached hydrogen (secondary N) is 1. The van der Waals surface area contributed by atoms with Crippen molar-refractivity contribution >= 4 is 10.0 Å². The molecule has 3 rings (SSSR count). The van der Waals surface area contributed by atoms with E-state index >= 15 is 0 Å². The highest BCUT2D eigenvalue weighted by atomic mass is 32.2. The van der Waals surface area contributed by atoms with Crippen molar-refractivity contribution in [2.75, 3.05) is 6.50 Å². The van der Waals surface area contributed by atoms with Crippen molar-refractivity contribution < 1.29 is 12.5 Å². The van der Waals surface area contributed by atoms with Crippen LogP contribution in [0.3, 0.4) is 0 Å². The maximum atomic E-state index is 13.2. The minimum absolute atomic E-state index is 0.00259. The predicted octanol–water partition coefficient (Wildman–Crippen LogP) is 3.50. The molecule has 1 fully saturated rings. The van der Waals surface area contributed by atoms with Crippen molar-refractivity contribution in [1.29, 1.82) is 0 Å². The average Bonchev–Trinajstić information content (AvgIpc) is 2.80. The van der Waals surface area contributed by atoms with Gasteiger partial charge in [-0.3, -0.25) is 0 Å². The van der Waals surface area contributed by atoms with E-state index in [4.69, 9.17) is 4.11 Å². The third-order valence-corrected chi connectivity index (χ3v) is 6.34. The van der Waals surface area contributed by atoms with Crippen molar-refractivity contribution in [1.82, 2.24) is 9.62 Å². The lowest BCUT2D eigenvalue weighted by Crippen LogP contribution is -2.43. The standard InChI is InChI=1S/C20H26N2O2S/c1-15-9-11-19(12-10-15)25(23,24)22-14-13-20(17(22)3)21-16(2)18-7-5-4-6-8-18/h4-12,16-17,20-21H,13-14H2,1-3H3/t16-,17+,20-/m1/s1/i14D2,17D. The number of rotatable bonds is 5. The van der Waals surface area contributed by atoms with Gasteiger partial charge >= 0.3 is 0 Å². The van der Waals surface area contributed by atoms with Gasteiger partial charge in [0.05, 0.1) is 4.90 Å². The fourth-order valence-electron chi connectivity index (χ4n) is 3.00. The van der Waals surface area contributed by atoms with Crippen molar-refractivity contribution in [3.63, 3.8) is 0 Å². The highest BCUT2D eigenvalue weighted by Gasteiger charge is 2.39. The molecule has 0 saturated carbocycles. The first-order valence-corrected chi connectivity index (χ1v) is 9.83. The summed E-state index contributed by atoms with van der Waals surface area (Å²) in [5.74, 6) is 0. The van der Waals surface area contributed by atoms with E-state index in [1.54, 1.807) is 12.1 Å². The van der Waals surface area contributed by atoms with Gasteiger partial charge in [0, 0.05) is 28.7 Å². The molecule has 0 bridgehead atoms. The smallest absolute Gasteiger partial charge is 0.243 e. The first kappa shape index (κ1) is 14.5. The zero-order valence-electron chi connectivity index (χ0n) is 17.7. The SMILES string of the molecule is [2H]C1([2H])C[C@@H](N[C@H](C)c2ccccc2)[C@]([2H])(C)N1S(=O)(=O)c1ccc(C)cc1. The maximum Gasteiger partial charge on any atom is 0.243 e. The molecule has 3 atom stereocenters. The molecule has 1 saturated heterocycles. The molecule has 2 aromatic rings. The Hall–Kier alpha value is -1.69. The van der Waals surface area contributed by atoms with Crippen LogP contribution in [0.5, 0.6) is 0 Å². The topological polar surface area (TPSA) is 49.4 Å². The zero-order valence-corrected chi connectivity index (χ0v) is 15.5. The molecule has 1 aliphatic rings. The monoisotopic (exact) mass is 361 g/mol. The third kappa shape index (κ3) is 3.78. The van der Waals surface area contributed by atoms with E-state index in [0.29, 0.717) is 4.31 Å². The van der Waals surface area contributed by atoms with Crippen molar-refractivity contribution in [3.8, 4) is 0 Å². The first-order valence-electron chi connectivity index (χ1n) is 9.89. The van der Waals surface area contributed by atoms with E-state index in [9.17, 15) is 8.42 Å². The number of hydrogen-bond donors (Lipinski definition) is 1. The molecule has 5 heteroatoms. The molecule has 134 valence electrons. The van der Waals surface area contributed by atoms with Crippen LogP contribution in [0.2, 0.25) is 0 Å². The van der Waals surface area contributed by atoms with Crippen LogP contribution in [0.1, 0.15) is 41.5 Å². The maximum absolute atomic E-state index is 13.2. The Morgan fingerprint density at radius 1 is 1.20 bits per heavy atom. The summed E-state index contributed by atoms with van der Waals surface area (Å²) in [6.45, 7) is 3.07. The summed E-state index contributed by atoms with van der Waals surface area (Å²) < 4.78 is 52.7. The second-order valence-electron chi connectivity index (χ2n) is 6.44. The molecule has 0 unspecified atom stereocenters. The van der Waals surface area contributed by atoms with Gasteiger partial charge in [-0.25, -0.2) is 8.42 Å². The molecule has 25 heavy (non-hydrogen) atoms. The van der Waals surface area contributed by atoms with Crippen molar-refractivity contribution in [2.24, 2.45) is 0 Å². The van der Waals surface area contributed by atoms with Crippen LogP contribution in [-0.2, 0) is 10.0 Å². The van der Waals surface area contributed by atoms with Gasteiger partial charge in [0.25, 0.3) is 0 Å². The molecule has 2 aromatic carbocycles. The molecule has 0 radical (unpaired) electrons. The van der Waals surface area contributed by atoms with Crippen LogP contribution in [0.25, 0.3) is 0 Å². The summed E-state index contributed by atoms with van der Waals surface area (Å²) in [5.41, 5.74) is 1.91. The van der Waals surface area contributed by atoms with Gasteiger partial charge < -0.3 is 5.32 Å². The van der Waals surface area contributed by atoms with Crippen LogP contribution in [0.15, 0.2) is 59.5 Å². The summed E-state index contributed by atoms with van der Waals surface area (Å²) in [6, 6.07) is 13.4. The molecule has 4 nitrogen and oxygen atoms in total. The van der Waals surface area contributed by atoms with Crippen LogP contribution in [-0.4, -0.2) is 31.3 Å². The van der Waals surface area contributed by atoms with Crippen molar-refractivity contribution in [2.45, 2.75) is 50.2 Å². The van der Waals surface area contributed by atoms with Gasteiger partial charge in [0.2, 0.25) is 10.0 Å². The molecule has 0 aliphatic carbocycles. The Labute approximate surface area is 155 Å². The van der Waals surface area contributed by atoms with Gasteiger partial charge in [-0.1, -0.05) is 48.0 Å². The lowest BCUT2D eigenvalue weighted by atomic mass is 10.1. The third-order valence-electron chi connectivity index (χ3n) is 4.57. The average molecular weight is 362 g/mol. The molecule has 0 spiro atoms. The Bertz CT molecular complexity index is 932. The normalized spacial score (nSPS) is 29.6. The molecule has 0 amide bonds. The minimum Gasteiger partial charge on any atom is -0.306 e.